The zero-order valence-corrected chi connectivity index (χ0v) is 15.0. The second-order valence-electron chi connectivity index (χ2n) is 5.96. The third-order valence-electron chi connectivity index (χ3n) is 3.85. The molecular weight excluding hydrogens is 352 g/mol. The van der Waals surface area contributed by atoms with E-state index < -0.39 is 15.9 Å². The molecule has 0 bridgehead atoms. The number of amides is 1. The van der Waals surface area contributed by atoms with Gasteiger partial charge in [-0.2, -0.15) is 0 Å². The fourth-order valence-corrected chi connectivity index (χ4v) is 3.83. The van der Waals surface area contributed by atoms with Gasteiger partial charge in [-0.15, -0.1) is 0 Å². The van der Waals surface area contributed by atoms with Crippen LogP contribution in [0.3, 0.4) is 0 Å². The molecule has 8 heteroatoms. The highest BCUT2D eigenvalue weighted by Gasteiger charge is 2.24. The van der Waals surface area contributed by atoms with Crippen molar-refractivity contribution in [2.45, 2.75) is 24.4 Å². The van der Waals surface area contributed by atoms with Gasteiger partial charge in [-0.05, 0) is 25.1 Å². The van der Waals surface area contributed by atoms with Crippen molar-refractivity contribution in [3.63, 3.8) is 0 Å². The number of carbonyl (C=O) groups excluding carboxylic acids is 1. The Morgan fingerprint density at radius 1 is 1.15 bits per heavy atom. The zero-order chi connectivity index (χ0) is 18.6. The predicted molar refractivity (Wildman–Crippen MR) is 97.5 cm³/mol. The molecule has 134 valence electrons. The molecule has 0 spiro atoms. The number of hydrogen-bond donors (Lipinski definition) is 1. The molecule has 0 saturated carbocycles. The summed E-state index contributed by atoms with van der Waals surface area (Å²) in [6.45, 7) is 2.17. The summed E-state index contributed by atoms with van der Waals surface area (Å²) >= 11 is 0. The lowest BCUT2D eigenvalue weighted by atomic mass is 10.2. The topological polar surface area (TPSA) is 101 Å². The molecular formula is C18H18N4O3S. The average Bonchev–Trinajstić information content (AvgIpc) is 3.09. The molecule has 1 unspecified atom stereocenters. The first-order valence-corrected chi connectivity index (χ1v) is 9.67. The lowest BCUT2D eigenvalue weighted by Gasteiger charge is -2.08. The third kappa shape index (κ3) is 4.40. The Labute approximate surface area is 151 Å². The van der Waals surface area contributed by atoms with Gasteiger partial charge in [-0.25, -0.2) is 18.4 Å². The number of aryl methyl sites for hydroxylation is 1. The van der Waals surface area contributed by atoms with Crippen LogP contribution in [0, 0.1) is 6.92 Å². The number of nitrogens with zero attached hydrogens (tertiary/aromatic N) is 3. The molecule has 1 aliphatic heterocycles. The van der Waals surface area contributed by atoms with Gasteiger partial charge in [0.1, 0.15) is 12.0 Å². The Morgan fingerprint density at radius 2 is 1.85 bits per heavy atom. The maximum Gasteiger partial charge on any atom is 0.269 e. The molecule has 0 saturated heterocycles. The normalized spacial score (nSPS) is 16.3. The van der Waals surface area contributed by atoms with Gasteiger partial charge in [0.25, 0.3) is 5.91 Å². The molecule has 1 amide bonds. The number of aromatic nitrogens is 2. The van der Waals surface area contributed by atoms with Crippen molar-refractivity contribution in [2.24, 2.45) is 4.99 Å². The first kappa shape index (κ1) is 17.9. The molecule has 3 rings (SSSR count). The molecule has 26 heavy (non-hydrogen) atoms. The summed E-state index contributed by atoms with van der Waals surface area (Å²) < 4.78 is 24.9. The van der Waals surface area contributed by atoms with Crippen LogP contribution in [0.15, 0.2) is 65.0 Å². The van der Waals surface area contributed by atoms with Crippen LogP contribution in [-0.4, -0.2) is 41.8 Å². The molecule has 0 fully saturated rings. The van der Waals surface area contributed by atoms with E-state index >= 15 is 0 Å². The van der Waals surface area contributed by atoms with Crippen LogP contribution in [0.1, 0.15) is 11.1 Å². The second kappa shape index (κ2) is 7.57. The summed E-state index contributed by atoms with van der Waals surface area (Å²) in [5.74, 6) is -0.532. The van der Waals surface area contributed by atoms with Crippen LogP contribution in [0.2, 0.25) is 0 Å². The summed E-state index contributed by atoms with van der Waals surface area (Å²) in [4.78, 5) is 24.4. The lowest BCUT2D eigenvalue weighted by Crippen LogP contribution is -2.29. The molecule has 2 heterocycles. The molecule has 1 aliphatic rings. The Kier molecular flexibility index (Phi) is 5.22. The van der Waals surface area contributed by atoms with Crippen molar-refractivity contribution < 1.29 is 13.2 Å². The fraction of sp³-hybridized carbons (Fsp3) is 0.222. The number of rotatable bonds is 6. The monoisotopic (exact) mass is 370 g/mol. The fourth-order valence-electron chi connectivity index (χ4n) is 2.45. The minimum absolute atomic E-state index is 0.171. The molecule has 7 nitrogen and oxygen atoms in total. The molecule has 2 aromatic rings. The van der Waals surface area contributed by atoms with Crippen LogP contribution in [0.5, 0.6) is 0 Å². The molecule has 1 aromatic heterocycles. The van der Waals surface area contributed by atoms with E-state index in [1.807, 2.05) is 6.92 Å². The van der Waals surface area contributed by atoms with Crippen molar-refractivity contribution in [3.8, 4) is 0 Å². The van der Waals surface area contributed by atoms with E-state index in [2.05, 4.69) is 20.3 Å². The first-order chi connectivity index (χ1) is 12.4. The van der Waals surface area contributed by atoms with Crippen LogP contribution < -0.4 is 5.32 Å². The van der Waals surface area contributed by atoms with E-state index in [0.29, 0.717) is 0 Å². The highest BCUT2D eigenvalue weighted by atomic mass is 32.2. The number of aliphatic imine (C=N–C) groups is 1. The quantitative estimate of drug-likeness (QED) is 0.825. The average molecular weight is 370 g/mol. The third-order valence-corrected chi connectivity index (χ3v) is 5.62. The van der Waals surface area contributed by atoms with Crippen molar-refractivity contribution in [1.82, 2.24) is 15.3 Å². The Morgan fingerprint density at radius 3 is 2.54 bits per heavy atom. The van der Waals surface area contributed by atoms with E-state index in [-0.39, 0.29) is 28.8 Å². The maximum absolute atomic E-state index is 12.5. The van der Waals surface area contributed by atoms with E-state index in [1.165, 1.54) is 6.33 Å². The van der Waals surface area contributed by atoms with Crippen molar-refractivity contribution >= 4 is 21.5 Å². The van der Waals surface area contributed by atoms with Gasteiger partial charge >= 0.3 is 0 Å². The Bertz CT molecular complexity index is 952. The van der Waals surface area contributed by atoms with Crippen LogP contribution in [0.25, 0.3) is 0 Å². The zero-order valence-electron chi connectivity index (χ0n) is 14.2. The highest BCUT2D eigenvalue weighted by molar-refractivity contribution is 7.91. The van der Waals surface area contributed by atoms with Crippen molar-refractivity contribution in [1.29, 1.82) is 0 Å². The SMILES string of the molecule is Cc1ccc(S(=O)(=O)CC2C=CC(C(=O)NCc3cncnc3)=N2)cc1. The van der Waals surface area contributed by atoms with Crippen LogP contribution >= 0.6 is 0 Å². The number of carbonyl (C=O) groups is 1. The van der Waals surface area contributed by atoms with Gasteiger partial charge in [0.05, 0.1) is 16.7 Å². The van der Waals surface area contributed by atoms with Gasteiger partial charge in [0.15, 0.2) is 9.84 Å². The minimum atomic E-state index is -3.47. The molecule has 0 radical (unpaired) electrons. The molecule has 1 aromatic carbocycles. The summed E-state index contributed by atoms with van der Waals surface area (Å²) in [6.07, 6.45) is 7.81. The van der Waals surface area contributed by atoms with Gasteiger partial charge in [0.2, 0.25) is 0 Å². The molecule has 1 N–H and O–H groups in total. The largest absolute Gasteiger partial charge is 0.347 e. The van der Waals surface area contributed by atoms with Gasteiger partial charge < -0.3 is 5.32 Å². The summed E-state index contributed by atoms with van der Waals surface area (Å²) in [5.41, 5.74) is 1.97. The number of hydrogen-bond acceptors (Lipinski definition) is 6. The van der Waals surface area contributed by atoms with E-state index in [4.69, 9.17) is 0 Å². The maximum atomic E-state index is 12.5. The van der Waals surface area contributed by atoms with E-state index in [9.17, 15) is 13.2 Å². The van der Waals surface area contributed by atoms with Gasteiger partial charge in [0, 0.05) is 24.5 Å². The van der Waals surface area contributed by atoms with E-state index in [0.717, 1.165) is 11.1 Å². The number of sulfone groups is 1. The smallest absolute Gasteiger partial charge is 0.269 e. The van der Waals surface area contributed by atoms with Crippen LogP contribution in [0.4, 0.5) is 0 Å². The molecule has 0 aliphatic carbocycles. The summed E-state index contributed by atoms with van der Waals surface area (Å²) in [5, 5.41) is 2.71. The Balaban J connectivity index is 1.61. The number of nitrogens with one attached hydrogen (secondary N) is 1. The lowest BCUT2D eigenvalue weighted by molar-refractivity contribution is -0.114. The van der Waals surface area contributed by atoms with Crippen molar-refractivity contribution in [3.05, 3.63) is 66.3 Å². The Hall–Kier alpha value is -2.87. The summed E-state index contributed by atoms with van der Waals surface area (Å²) in [6, 6.07) is 6.12. The van der Waals surface area contributed by atoms with E-state index in [1.54, 1.807) is 48.8 Å². The minimum Gasteiger partial charge on any atom is -0.347 e. The predicted octanol–water partition coefficient (Wildman–Crippen LogP) is 1.25. The van der Waals surface area contributed by atoms with Crippen LogP contribution in [-0.2, 0) is 21.2 Å². The van der Waals surface area contributed by atoms with Crippen molar-refractivity contribution in [2.75, 3.05) is 5.75 Å². The summed E-state index contributed by atoms with van der Waals surface area (Å²) in [7, 11) is -3.47. The second-order valence-corrected chi connectivity index (χ2v) is 8.00. The number of benzene rings is 1. The molecule has 1 atom stereocenters. The highest BCUT2D eigenvalue weighted by Crippen LogP contribution is 2.16. The first-order valence-electron chi connectivity index (χ1n) is 8.01. The standard InChI is InChI=1S/C18H18N4O3S/c1-13-2-5-16(6-3-13)26(24,25)11-15-4-7-17(22-15)18(23)21-10-14-8-19-12-20-9-14/h2-9,12,15H,10-11H2,1H3,(H,21,23). The van der Waals surface area contributed by atoms with Gasteiger partial charge in [-0.1, -0.05) is 23.8 Å². The van der Waals surface area contributed by atoms with Gasteiger partial charge in [-0.3, -0.25) is 9.79 Å².